The van der Waals surface area contributed by atoms with Crippen LogP contribution in [0.5, 0.6) is 0 Å². The van der Waals surface area contributed by atoms with Gasteiger partial charge in [0.2, 0.25) is 0 Å². The molecule has 0 heterocycles. The monoisotopic (exact) mass is 257 g/mol. The van der Waals surface area contributed by atoms with Gasteiger partial charge in [-0.25, -0.2) is 0 Å². The Labute approximate surface area is 93.7 Å². The standard InChI is InChI=1S/C11H16BrNO/c1-9-10(4-3-5-11(9)12)8-13(2)6-7-14/h3-5,14H,6-8H2,1-2H3. The van der Waals surface area contributed by atoms with Crippen molar-refractivity contribution in [2.45, 2.75) is 13.5 Å². The average Bonchev–Trinajstić information content (AvgIpc) is 2.13. The Kier molecular flexibility index (Phi) is 4.58. The zero-order valence-corrected chi connectivity index (χ0v) is 10.2. The predicted molar refractivity (Wildman–Crippen MR) is 62.3 cm³/mol. The van der Waals surface area contributed by atoms with Crippen LogP contribution in [0, 0.1) is 6.92 Å². The Morgan fingerprint density at radius 3 is 2.79 bits per heavy atom. The van der Waals surface area contributed by atoms with Crippen molar-refractivity contribution in [3.05, 3.63) is 33.8 Å². The van der Waals surface area contributed by atoms with Crippen molar-refractivity contribution < 1.29 is 5.11 Å². The highest BCUT2D eigenvalue weighted by atomic mass is 79.9. The fourth-order valence-corrected chi connectivity index (χ4v) is 1.77. The molecule has 0 aliphatic carbocycles. The maximum absolute atomic E-state index is 8.79. The topological polar surface area (TPSA) is 23.5 Å². The van der Waals surface area contributed by atoms with Crippen LogP contribution in [-0.2, 0) is 6.54 Å². The molecule has 3 heteroatoms. The third-order valence-electron chi connectivity index (χ3n) is 2.30. The molecule has 0 atom stereocenters. The first-order chi connectivity index (χ1) is 6.65. The van der Waals surface area contributed by atoms with Crippen molar-refractivity contribution >= 4 is 15.9 Å². The van der Waals surface area contributed by atoms with E-state index >= 15 is 0 Å². The molecule has 0 spiro atoms. The summed E-state index contributed by atoms with van der Waals surface area (Å²) in [7, 11) is 2.01. The molecule has 1 aromatic carbocycles. The van der Waals surface area contributed by atoms with E-state index in [2.05, 4.69) is 33.8 Å². The molecular weight excluding hydrogens is 242 g/mol. The summed E-state index contributed by atoms with van der Waals surface area (Å²) < 4.78 is 1.15. The highest BCUT2D eigenvalue weighted by Gasteiger charge is 2.04. The van der Waals surface area contributed by atoms with Crippen LogP contribution in [0.15, 0.2) is 22.7 Å². The van der Waals surface area contributed by atoms with Crippen LogP contribution >= 0.6 is 15.9 Å². The second kappa shape index (κ2) is 5.49. The van der Waals surface area contributed by atoms with Crippen molar-refractivity contribution in [1.29, 1.82) is 0 Å². The van der Waals surface area contributed by atoms with E-state index in [0.29, 0.717) is 6.54 Å². The van der Waals surface area contributed by atoms with E-state index in [1.165, 1.54) is 11.1 Å². The van der Waals surface area contributed by atoms with Crippen LogP contribution < -0.4 is 0 Å². The zero-order valence-electron chi connectivity index (χ0n) is 8.63. The molecule has 1 aromatic rings. The Hall–Kier alpha value is -0.380. The Morgan fingerprint density at radius 2 is 2.14 bits per heavy atom. The lowest BCUT2D eigenvalue weighted by molar-refractivity contribution is 0.217. The molecule has 2 nitrogen and oxygen atoms in total. The predicted octanol–water partition coefficient (Wildman–Crippen LogP) is 2.18. The van der Waals surface area contributed by atoms with E-state index in [9.17, 15) is 0 Å². The molecule has 0 bridgehead atoms. The first-order valence-electron chi connectivity index (χ1n) is 4.68. The lowest BCUT2D eigenvalue weighted by atomic mass is 10.1. The van der Waals surface area contributed by atoms with E-state index in [4.69, 9.17) is 5.11 Å². The summed E-state index contributed by atoms with van der Waals surface area (Å²) in [6, 6.07) is 6.21. The molecular formula is C11H16BrNO. The van der Waals surface area contributed by atoms with Crippen molar-refractivity contribution in [3.63, 3.8) is 0 Å². The fourth-order valence-electron chi connectivity index (χ4n) is 1.36. The number of rotatable bonds is 4. The van der Waals surface area contributed by atoms with Crippen molar-refractivity contribution in [2.75, 3.05) is 20.2 Å². The maximum atomic E-state index is 8.79. The molecule has 1 N–H and O–H groups in total. The molecule has 14 heavy (non-hydrogen) atoms. The molecule has 0 radical (unpaired) electrons. The van der Waals surface area contributed by atoms with Gasteiger partial charge in [-0.3, -0.25) is 4.90 Å². The zero-order chi connectivity index (χ0) is 10.6. The molecule has 78 valence electrons. The largest absolute Gasteiger partial charge is 0.395 e. The SMILES string of the molecule is Cc1c(Br)cccc1CN(C)CCO. The van der Waals surface area contributed by atoms with Crippen molar-refractivity contribution in [2.24, 2.45) is 0 Å². The lowest BCUT2D eigenvalue weighted by Crippen LogP contribution is -2.21. The summed E-state index contributed by atoms with van der Waals surface area (Å²) in [5, 5.41) is 8.79. The van der Waals surface area contributed by atoms with Gasteiger partial charge in [0.15, 0.2) is 0 Å². The summed E-state index contributed by atoms with van der Waals surface area (Å²) in [4.78, 5) is 2.11. The molecule has 0 fully saturated rings. The highest BCUT2D eigenvalue weighted by molar-refractivity contribution is 9.10. The van der Waals surface area contributed by atoms with Crippen LogP contribution in [0.2, 0.25) is 0 Å². The summed E-state index contributed by atoms with van der Waals surface area (Å²) in [5.74, 6) is 0. The normalized spacial score (nSPS) is 10.9. The molecule has 0 aliphatic rings. The minimum atomic E-state index is 0.212. The molecule has 0 aliphatic heterocycles. The Bertz CT molecular complexity index is 301. The number of likely N-dealkylation sites (N-methyl/N-ethyl adjacent to an activating group) is 1. The van der Waals surface area contributed by atoms with Crippen molar-refractivity contribution in [3.8, 4) is 0 Å². The van der Waals surface area contributed by atoms with Gasteiger partial charge in [0.1, 0.15) is 0 Å². The van der Waals surface area contributed by atoms with Gasteiger partial charge in [-0.1, -0.05) is 28.1 Å². The first kappa shape index (κ1) is 11.7. The third kappa shape index (κ3) is 3.08. The van der Waals surface area contributed by atoms with Gasteiger partial charge in [0.25, 0.3) is 0 Å². The number of hydrogen-bond acceptors (Lipinski definition) is 2. The van der Waals surface area contributed by atoms with Crippen LogP contribution in [0.3, 0.4) is 0 Å². The van der Waals surface area contributed by atoms with E-state index in [0.717, 1.165) is 11.0 Å². The van der Waals surface area contributed by atoms with Gasteiger partial charge in [-0.05, 0) is 31.2 Å². The lowest BCUT2D eigenvalue weighted by Gasteiger charge is -2.17. The van der Waals surface area contributed by atoms with E-state index < -0.39 is 0 Å². The van der Waals surface area contributed by atoms with Crippen molar-refractivity contribution in [1.82, 2.24) is 4.90 Å². The summed E-state index contributed by atoms with van der Waals surface area (Å²) in [6.07, 6.45) is 0. The third-order valence-corrected chi connectivity index (χ3v) is 3.16. The number of nitrogens with zero attached hydrogens (tertiary/aromatic N) is 1. The van der Waals surface area contributed by atoms with E-state index in [-0.39, 0.29) is 6.61 Å². The first-order valence-corrected chi connectivity index (χ1v) is 5.48. The number of aliphatic hydroxyl groups is 1. The Balaban J connectivity index is 2.71. The van der Waals surface area contributed by atoms with Gasteiger partial charge in [0.05, 0.1) is 6.61 Å². The van der Waals surface area contributed by atoms with Crippen LogP contribution in [0.25, 0.3) is 0 Å². The molecule has 0 saturated carbocycles. The number of halogens is 1. The summed E-state index contributed by atoms with van der Waals surface area (Å²) >= 11 is 3.51. The number of aliphatic hydroxyl groups excluding tert-OH is 1. The highest BCUT2D eigenvalue weighted by Crippen LogP contribution is 2.20. The summed E-state index contributed by atoms with van der Waals surface area (Å²) in [5.41, 5.74) is 2.58. The maximum Gasteiger partial charge on any atom is 0.0558 e. The number of benzene rings is 1. The van der Waals surface area contributed by atoms with Gasteiger partial charge >= 0.3 is 0 Å². The number of hydrogen-bond donors (Lipinski definition) is 1. The smallest absolute Gasteiger partial charge is 0.0558 e. The Morgan fingerprint density at radius 1 is 1.43 bits per heavy atom. The van der Waals surface area contributed by atoms with Gasteiger partial charge in [-0.15, -0.1) is 0 Å². The summed E-state index contributed by atoms with van der Waals surface area (Å²) in [6.45, 7) is 3.91. The second-order valence-electron chi connectivity index (χ2n) is 3.49. The quantitative estimate of drug-likeness (QED) is 0.894. The second-order valence-corrected chi connectivity index (χ2v) is 4.34. The van der Waals surface area contributed by atoms with Crippen LogP contribution in [0.4, 0.5) is 0 Å². The molecule has 0 amide bonds. The van der Waals surface area contributed by atoms with Crippen LogP contribution in [0.1, 0.15) is 11.1 Å². The molecule has 0 unspecified atom stereocenters. The van der Waals surface area contributed by atoms with Crippen LogP contribution in [-0.4, -0.2) is 30.2 Å². The molecule has 1 rings (SSSR count). The van der Waals surface area contributed by atoms with E-state index in [1.807, 2.05) is 19.2 Å². The minimum Gasteiger partial charge on any atom is -0.395 e. The van der Waals surface area contributed by atoms with E-state index in [1.54, 1.807) is 0 Å². The molecule has 0 aromatic heterocycles. The fraction of sp³-hybridized carbons (Fsp3) is 0.455. The average molecular weight is 258 g/mol. The molecule has 0 saturated heterocycles. The minimum absolute atomic E-state index is 0.212. The van der Waals surface area contributed by atoms with Gasteiger partial charge < -0.3 is 5.11 Å². The van der Waals surface area contributed by atoms with Gasteiger partial charge in [0, 0.05) is 17.6 Å². The van der Waals surface area contributed by atoms with Gasteiger partial charge in [-0.2, -0.15) is 0 Å².